The fourth-order valence-electron chi connectivity index (χ4n) is 2.22. The van der Waals surface area contributed by atoms with Crippen molar-refractivity contribution in [2.24, 2.45) is 0 Å². The van der Waals surface area contributed by atoms with Crippen LogP contribution in [0.1, 0.15) is 62.2 Å². The number of hydrogen-bond acceptors (Lipinski definition) is 2. The van der Waals surface area contributed by atoms with E-state index in [4.69, 9.17) is 0 Å². The Morgan fingerprint density at radius 3 is 2.53 bits per heavy atom. The Morgan fingerprint density at radius 1 is 1.32 bits per heavy atom. The minimum atomic E-state index is -0.296. The van der Waals surface area contributed by atoms with Crippen molar-refractivity contribution >= 4 is 5.91 Å². The van der Waals surface area contributed by atoms with Gasteiger partial charge in [-0.05, 0) is 37.8 Å². The predicted octanol–water partition coefficient (Wildman–Crippen LogP) is 2.42. The Labute approximate surface area is 114 Å². The summed E-state index contributed by atoms with van der Waals surface area (Å²) in [4.78, 5) is 26.8. The van der Waals surface area contributed by atoms with E-state index in [0.717, 1.165) is 36.9 Å². The lowest BCUT2D eigenvalue weighted by molar-refractivity contribution is 0.0936. The lowest BCUT2D eigenvalue weighted by Crippen LogP contribution is -2.36. The van der Waals surface area contributed by atoms with Crippen LogP contribution in [-0.4, -0.2) is 16.9 Å². The van der Waals surface area contributed by atoms with E-state index in [1.54, 1.807) is 6.07 Å². The van der Waals surface area contributed by atoms with Gasteiger partial charge in [-0.25, -0.2) is 0 Å². The number of hydrogen-bond donors (Lipinski definition) is 2. The Bertz CT molecular complexity index is 491. The predicted molar refractivity (Wildman–Crippen MR) is 77.7 cm³/mol. The van der Waals surface area contributed by atoms with Gasteiger partial charge in [0.15, 0.2) is 0 Å². The van der Waals surface area contributed by atoms with Crippen molar-refractivity contribution in [3.63, 3.8) is 0 Å². The summed E-state index contributed by atoms with van der Waals surface area (Å²) in [6.45, 7) is 8.04. The fraction of sp³-hybridized carbons (Fsp3) is 0.600. The van der Waals surface area contributed by atoms with E-state index in [1.165, 1.54) is 0 Å². The van der Waals surface area contributed by atoms with Crippen LogP contribution in [0.5, 0.6) is 0 Å². The molecule has 0 radical (unpaired) electrons. The highest BCUT2D eigenvalue weighted by atomic mass is 16.2. The first kappa shape index (κ1) is 15.5. The number of aromatic amines is 1. The van der Waals surface area contributed by atoms with Gasteiger partial charge >= 0.3 is 0 Å². The molecule has 0 saturated heterocycles. The van der Waals surface area contributed by atoms with Gasteiger partial charge in [0.2, 0.25) is 0 Å². The summed E-state index contributed by atoms with van der Waals surface area (Å²) in [5, 5.41) is 2.87. The van der Waals surface area contributed by atoms with Crippen LogP contribution in [0.15, 0.2) is 10.9 Å². The summed E-state index contributed by atoms with van der Waals surface area (Å²) in [7, 11) is 0. The summed E-state index contributed by atoms with van der Waals surface area (Å²) in [6.07, 6.45) is 3.50. The van der Waals surface area contributed by atoms with Crippen molar-refractivity contribution in [1.29, 1.82) is 0 Å². The van der Waals surface area contributed by atoms with Crippen molar-refractivity contribution < 1.29 is 4.79 Å². The molecule has 0 aliphatic rings. The zero-order valence-electron chi connectivity index (χ0n) is 12.3. The average molecular weight is 264 g/mol. The molecule has 106 valence electrons. The van der Waals surface area contributed by atoms with Crippen LogP contribution in [0.4, 0.5) is 0 Å². The number of carbonyl (C=O) groups excluding carboxylic acids is 1. The summed E-state index contributed by atoms with van der Waals surface area (Å²) in [5.41, 5.74) is 1.88. The molecule has 1 heterocycles. The minimum Gasteiger partial charge on any atom is -0.349 e. The zero-order chi connectivity index (χ0) is 14.4. The molecule has 0 aliphatic carbocycles. The number of carbonyl (C=O) groups is 1. The van der Waals surface area contributed by atoms with E-state index in [9.17, 15) is 9.59 Å². The molecule has 1 aromatic heterocycles. The van der Waals surface area contributed by atoms with Gasteiger partial charge in [0.25, 0.3) is 11.5 Å². The molecule has 1 atom stereocenters. The highest BCUT2D eigenvalue weighted by Gasteiger charge is 2.15. The maximum atomic E-state index is 12.1. The lowest BCUT2D eigenvalue weighted by atomic mass is 10.1. The lowest BCUT2D eigenvalue weighted by Gasteiger charge is -2.13. The van der Waals surface area contributed by atoms with Crippen molar-refractivity contribution in [2.75, 3.05) is 0 Å². The quantitative estimate of drug-likeness (QED) is 0.829. The largest absolute Gasteiger partial charge is 0.349 e. The molecule has 4 heteroatoms. The number of rotatable bonds is 6. The second kappa shape index (κ2) is 7.12. The molecule has 0 aromatic carbocycles. The van der Waals surface area contributed by atoms with Crippen molar-refractivity contribution in [3.05, 3.63) is 33.2 Å². The molecule has 0 spiro atoms. The average Bonchev–Trinajstić information content (AvgIpc) is 2.38. The van der Waals surface area contributed by atoms with Crippen molar-refractivity contribution in [1.82, 2.24) is 10.3 Å². The van der Waals surface area contributed by atoms with E-state index in [2.05, 4.69) is 17.2 Å². The monoisotopic (exact) mass is 264 g/mol. The van der Waals surface area contributed by atoms with Crippen molar-refractivity contribution in [3.8, 4) is 0 Å². The van der Waals surface area contributed by atoms with Gasteiger partial charge in [-0.1, -0.05) is 27.2 Å². The van der Waals surface area contributed by atoms with E-state index in [0.29, 0.717) is 0 Å². The topological polar surface area (TPSA) is 62.0 Å². The third kappa shape index (κ3) is 3.94. The van der Waals surface area contributed by atoms with Crippen LogP contribution in [0.2, 0.25) is 0 Å². The molecule has 4 nitrogen and oxygen atoms in total. The molecule has 19 heavy (non-hydrogen) atoms. The first-order chi connectivity index (χ1) is 9.03. The van der Waals surface area contributed by atoms with Gasteiger partial charge in [0, 0.05) is 11.7 Å². The fourth-order valence-corrected chi connectivity index (χ4v) is 2.22. The Morgan fingerprint density at radius 2 is 2.00 bits per heavy atom. The number of nitrogens with one attached hydrogen (secondary N) is 2. The SMILES string of the molecule is CCC[C@H](C)NC(=O)c1cc(CC)c(CC)[nH]c1=O. The summed E-state index contributed by atoms with van der Waals surface area (Å²) >= 11 is 0. The first-order valence-corrected chi connectivity index (χ1v) is 7.09. The molecule has 1 rings (SSSR count). The van der Waals surface area contributed by atoms with Crippen molar-refractivity contribution in [2.45, 2.75) is 59.4 Å². The number of aromatic nitrogens is 1. The van der Waals surface area contributed by atoms with Crippen LogP contribution in [0, 0.1) is 0 Å². The maximum absolute atomic E-state index is 12.1. The Balaban J connectivity index is 3.00. The summed E-state index contributed by atoms with van der Waals surface area (Å²) in [6, 6.07) is 1.82. The molecule has 0 bridgehead atoms. The van der Waals surface area contributed by atoms with Gasteiger partial charge in [-0.2, -0.15) is 0 Å². The normalized spacial score (nSPS) is 12.2. The van der Waals surface area contributed by atoms with E-state index in [1.807, 2.05) is 20.8 Å². The van der Waals surface area contributed by atoms with Crippen LogP contribution in [0.25, 0.3) is 0 Å². The molecule has 0 fully saturated rings. The van der Waals surface area contributed by atoms with E-state index >= 15 is 0 Å². The molecule has 1 aromatic rings. The summed E-state index contributed by atoms with van der Waals surface area (Å²) < 4.78 is 0. The zero-order valence-corrected chi connectivity index (χ0v) is 12.3. The molecule has 1 amide bonds. The van der Waals surface area contributed by atoms with Crippen LogP contribution in [0.3, 0.4) is 0 Å². The van der Waals surface area contributed by atoms with Gasteiger partial charge in [0.05, 0.1) is 0 Å². The second-order valence-electron chi connectivity index (χ2n) is 4.89. The standard InChI is InChI=1S/C15H24N2O2/c1-5-8-10(4)16-14(18)12-9-11(6-2)13(7-3)17-15(12)19/h9-10H,5-8H2,1-4H3,(H,16,18)(H,17,19)/t10-/m0/s1. The molecule has 2 N–H and O–H groups in total. The number of H-pyrrole nitrogens is 1. The van der Waals surface area contributed by atoms with Crippen LogP contribution in [-0.2, 0) is 12.8 Å². The second-order valence-corrected chi connectivity index (χ2v) is 4.89. The Hall–Kier alpha value is -1.58. The molecule has 0 saturated carbocycles. The highest BCUT2D eigenvalue weighted by Crippen LogP contribution is 2.08. The number of pyridine rings is 1. The van der Waals surface area contributed by atoms with E-state index < -0.39 is 0 Å². The number of aryl methyl sites for hydroxylation is 2. The van der Waals surface area contributed by atoms with Gasteiger partial charge in [0.1, 0.15) is 5.56 Å². The minimum absolute atomic E-state index is 0.0906. The molecule has 0 aliphatic heterocycles. The van der Waals surface area contributed by atoms with Crippen LogP contribution < -0.4 is 10.9 Å². The Kier molecular flexibility index (Phi) is 5.80. The molecular weight excluding hydrogens is 240 g/mol. The van der Waals surface area contributed by atoms with Gasteiger partial charge < -0.3 is 10.3 Å². The van der Waals surface area contributed by atoms with Gasteiger partial charge in [-0.3, -0.25) is 9.59 Å². The molecule has 0 unspecified atom stereocenters. The molecular formula is C15H24N2O2. The maximum Gasteiger partial charge on any atom is 0.261 e. The first-order valence-electron chi connectivity index (χ1n) is 7.09. The van der Waals surface area contributed by atoms with Crippen LogP contribution >= 0.6 is 0 Å². The summed E-state index contributed by atoms with van der Waals surface area (Å²) in [5.74, 6) is -0.278. The third-order valence-electron chi connectivity index (χ3n) is 3.29. The smallest absolute Gasteiger partial charge is 0.261 e. The number of amides is 1. The highest BCUT2D eigenvalue weighted by molar-refractivity contribution is 5.94. The third-order valence-corrected chi connectivity index (χ3v) is 3.29. The van der Waals surface area contributed by atoms with Gasteiger partial charge in [-0.15, -0.1) is 0 Å². The van der Waals surface area contributed by atoms with E-state index in [-0.39, 0.29) is 23.1 Å².